The van der Waals surface area contributed by atoms with Crippen molar-refractivity contribution in [1.29, 1.82) is 0 Å². The van der Waals surface area contributed by atoms with Crippen molar-refractivity contribution >= 4 is 23.6 Å². The van der Waals surface area contributed by atoms with Crippen LogP contribution in [0.3, 0.4) is 0 Å². The Balaban J connectivity index is 1.65. The minimum atomic E-state index is -0.351. The van der Waals surface area contributed by atoms with Crippen LogP contribution < -0.4 is 5.32 Å². The van der Waals surface area contributed by atoms with Crippen LogP contribution in [0, 0.1) is 11.8 Å². The van der Waals surface area contributed by atoms with E-state index in [1.807, 2.05) is 23.1 Å². The summed E-state index contributed by atoms with van der Waals surface area (Å²) in [4.78, 5) is 31.5. The average Bonchev–Trinajstić information content (AvgIpc) is 3.34. The van der Waals surface area contributed by atoms with E-state index in [0.29, 0.717) is 18.2 Å². The molecule has 1 saturated carbocycles. The zero-order valence-electron chi connectivity index (χ0n) is 14.3. The predicted molar refractivity (Wildman–Crippen MR) is 95.1 cm³/mol. The number of nitrogens with one attached hydrogen (secondary N) is 1. The molecule has 1 aromatic rings. The largest absolute Gasteiger partial charge is 0.349 e. The van der Waals surface area contributed by atoms with Gasteiger partial charge in [-0.3, -0.25) is 14.6 Å². The van der Waals surface area contributed by atoms with Gasteiger partial charge < -0.3 is 10.2 Å². The molecule has 6 heteroatoms. The highest BCUT2D eigenvalue weighted by Crippen LogP contribution is 2.39. The molecule has 3 rings (SSSR count). The lowest BCUT2D eigenvalue weighted by Gasteiger charge is -2.30. The van der Waals surface area contributed by atoms with Crippen LogP contribution in [0.1, 0.15) is 38.8 Å². The summed E-state index contributed by atoms with van der Waals surface area (Å²) < 4.78 is 0. The van der Waals surface area contributed by atoms with Crippen LogP contribution in [-0.4, -0.2) is 38.9 Å². The molecule has 1 aliphatic carbocycles. The lowest BCUT2D eigenvalue weighted by molar-refractivity contribution is -0.141. The van der Waals surface area contributed by atoms with Gasteiger partial charge in [0.15, 0.2) is 0 Å². The molecule has 24 heavy (non-hydrogen) atoms. The van der Waals surface area contributed by atoms with Crippen molar-refractivity contribution in [3.8, 4) is 0 Å². The molecule has 0 bridgehead atoms. The smallest absolute Gasteiger partial charge is 0.244 e. The predicted octanol–water partition coefficient (Wildman–Crippen LogP) is 2.42. The molecule has 1 saturated heterocycles. The normalized spacial score (nSPS) is 23.5. The van der Waals surface area contributed by atoms with Crippen LogP contribution in [0.2, 0.25) is 0 Å². The maximum Gasteiger partial charge on any atom is 0.244 e. The van der Waals surface area contributed by atoms with Crippen LogP contribution in [0.15, 0.2) is 24.4 Å². The van der Waals surface area contributed by atoms with Crippen molar-refractivity contribution in [3.05, 3.63) is 30.1 Å². The summed E-state index contributed by atoms with van der Waals surface area (Å²) in [7, 11) is 0. The van der Waals surface area contributed by atoms with E-state index < -0.39 is 0 Å². The molecule has 0 radical (unpaired) electrons. The van der Waals surface area contributed by atoms with E-state index in [0.717, 1.165) is 25.0 Å². The minimum absolute atomic E-state index is 0.0617. The molecule has 5 nitrogen and oxygen atoms in total. The van der Waals surface area contributed by atoms with Crippen LogP contribution >= 0.6 is 11.8 Å². The molecule has 2 amide bonds. The monoisotopic (exact) mass is 347 g/mol. The number of carbonyl (C=O) groups excluding carboxylic acids is 2. The first-order valence-corrected chi connectivity index (χ1v) is 9.72. The molecule has 0 spiro atoms. The highest BCUT2D eigenvalue weighted by atomic mass is 32.2. The topological polar surface area (TPSA) is 62.3 Å². The number of hydrogen-bond donors (Lipinski definition) is 1. The fourth-order valence-corrected chi connectivity index (χ4v) is 4.63. The minimum Gasteiger partial charge on any atom is -0.349 e. The van der Waals surface area contributed by atoms with E-state index in [1.165, 1.54) is 0 Å². The van der Waals surface area contributed by atoms with Gasteiger partial charge in [-0.05, 0) is 37.3 Å². The van der Waals surface area contributed by atoms with E-state index in [4.69, 9.17) is 0 Å². The quantitative estimate of drug-likeness (QED) is 0.858. The van der Waals surface area contributed by atoms with Gasteiger partial charge in [-0.15, -0.1) is 11.8 Å². The molecule has 0 aromatic carbocycles. The van der Waals surface area contributed by atoms with Crippen molar-refractivity contribution in [2.45, 2.75) is 51.1 Å². The molecule has 2 atom stereocenters. The van der Waals surface area contributed by atoms with Crippen molar-refractivity contribution in [2.75, 3.05) is 5.75 Å². The first-order valence-electron chi connectivity index (χ1n) is 8.67. The molecule has 2 fully saturated rings. The second-order valence-electron chi connectivity index (χ2n) is 6.99. The zero-order valence-corrected chi connectivity index (χ0v) is 15.1. The van der Waals surface area contributed by atoms with Gasteiger partial charge in [0.05, 0.1) is 17.6 Å². The number of nitrogens with zero attached hydrogens (tertiary/aromatic N) is 2. The summed E-state index contributed by atoms with van der Waals surface area (Å²) in [5.41, 5.74) is 0.829. The SMILES string of the molecule is CC(C)CC1SCC(C(=O)NCc2ccccn2)N1C(=O)C1CC1. The third-order valence-electron chi connectivity index (χ3n) is 4.42. The van der Waals surface area contributed by atoms with Gasteiger partial charge >= 0.3 is 0 Å². The van der Waals surface area contributed by atoms with Crippen LogP contribution in [0.25, 0.3) is 0 Å². The number of thioether (sulfide) groups is 1. The maximum absolute atomic E-state index is 12.7. The van der Waals surface area contributed by atoms with Gasteiger partial charge in [0.2, 0.25) is 11.8 Å². The summed E-state index contributed by atoms with van der Waals surface area (Å²) in [5.74, 6) is 1.44. The van der Waals surface area contributed by atoms with Crippen LogP contribution in [0.4, 0.5) is 0 Å². The Morgan fingerprint density at radius 3 is 2.79 bits per heavy atom. The van der Waals surface area contributed by atoms with Gasteiger partial charge in [0.25, 0.3) is 0 Å². The van der Waals surface area contributed by atoms with Crippen molar-refractivity contribution < 1.29 is 9.59 Å². The Morgan fingerprint density at radius 2 is 2.17 bits per heavy atom. The average molecular weight is 347 g/mol. The second-order valence-corrected chi connectivity index (χ2v) is 8.20. The Bertz CT molecular complexity index is 589. The van der Waals surface area contributed by atoms with Gasteiger partial charge in [0.1, 0.15) is 6.04 Å². The molecule has 130 valence electrons. The number of amides is 2. The third-order valence-corrected chi connectivity index (χ3v) is 5.73. The molecule has 2 aliphatic rings. The molecule has 1 aliphatic heterocycles. The lowest BCUT2D eigenvalue weighted by Crippen LogP contribution is -2.50. The highest BCUT2D eigenvalue weighted by molar-refractivity contribution is 8.00. The van der Waals surface area contributed by atoms with E-state index in [1.54, 1.807) is 18.0 Å². The van der Waals surface area contributed by atoms with E-state index >= 15 is 0 Å². The molecule has 2 heterocycles. The molecule has 2 unspecified atom stereocenters. The summed E-state index contributed by atoms with van der Waals surface area (Å²) in [6, 6.07) is 5.29. The summed E-state index contributed by atoms with van der Waals surface area (Å²) in [6.07, 6.45) is 4.59. The first-order chi connectivity index (χ1) is 11.6. The number of carbonyl (C=O) groups is 2. The number of pyridine rings is 1. The summed E-state index contributed by atoms with van der Waals surface area (Å²) >= 11 is 1.74. The van der Waals surface area contributed by atoms with E-state index in [2.05, 4.69) is 24.1 Å². The lowest BCUT2D eigenvalue weighted by atomic mass is 10.1. The van der Waals surface area contributed by atoms with Crippen molar-refractivity contribution in [1.82, 2.24) is 15.2 Å². The van der Waals surface area contributed by atoms with Crippen molar-refractivity contribution in [2.24, 2.45) is 11.8 Å². The Hall–Kier alpha value is -1.56. The summed E-state index contributed by atoms with van der Waals surface area (Å²) in [6.45, 7) is 4.73. The van der Waals surface area contributed by atoms with E-state index in [9.17, 15) is 9.59 Å². The van der Waals surface area contributed by atoms with E-state index in [-0.39, 0.29) is 29.1 Å². The fourth-order valence-electron chi connectivity index (χ4n) is 2.99. The molecule has 1 aromatic heterocycles. The third kappa shape index (κ3) is 4.09. The fraction of sp³-hybridized carbons (Fsp3) is 0.611. The Labute approximate surface area is 147 Å². The number of aromatic nitrogens is 1. The van der Waals surface area contributed by atoms with Gasteiger partial charge in [-0.1, -0.05) is 19.9 Å². The Kier molecular flexibility index (Phi) is 5.43. The maximum atomic E-state index is 12.7. The highest BCUT2D eigenvalue weighted by Gasteiger charge is 2.45. The zero-order chi connectivity index (χ0) is 17.1. The van der Waals surface area contributed by atoms with Gasteiger partial charge in [0, 0.05) is 17.9 Å². The summed E-state index contributed by atoms with van der Waals surface area (Å²) in [5, 5.41) is 3.08. The standard InChI is InChI=1S/C18H25N3O2S/c1-12(2)9-16-21(18(23)13-6-7-13)15(11-24-16)17(22)20-10-14-5-3-4-8-19-14/h3-5,8,12-13,15-16H,6-7,9-11H2,1-2H3,(H,20,22). The number of rotatable bonds is 6. The molecular weight excluding hydrogens is 322 g/mol. The van der Waals surface area contributed by atoms with Crippen molar-refractivity contribution in [3.63, 3.8) is 0 Å². The van der Waals surface area contributed by atoms with Crippen LogP contribution in [-0.2, 0) is 16.1 Å². The molecular formula is C18H25N3O2S. The number of hydrogen-bond acceptors (Lipinski definition) is 4. The Morgan fingerprint density at radius 1 is 1.38 bits per heavy atom. The van der Waals surface area contributed by atoms with Gasteiger partial charge in [-0.2, -0.15) is 0 Å². The first kappa shape index (κ1) is 17.3. The molecule has 1 N–H and O–H groups in total. The van der Waals surface area contributed by atoms with Gasteiger partial charge in [-0.25, -0.2) is 0 Å². The second kappa shape index (κ2) is 7.55. The van der Waals surface area contributed by atoms with Crippen LogP contribution in [0.5, 0.6) is 0 Å².